The predicted molar refractivity (Wildman–Crippen MR) is 67.2 cm³/mol. The average Bonchev–Trinajstić information content (AvgIpc) is 2.38. The maximum absolute atomic E-state index is 5.32. The van der Waals surface area contributed by atoms with Crippen LogP contribution in [-0.4, -0.2) is 21.0 Å². The molecule has 0 saturated carbocycles. The Balaban J connectivity index is 2.19. The first-order valence-corrected chi connectivity index (χ1v) is 5.47. The molecule has 3 nitrogen and oxygen atoms in total. The van der Waals surface area contributed by atoms with Crippen LogP contribution in [0.5, 0.6) is 5.75 Å². The van der Waals surface area contributed by atoms with E-state index in [9.17, 15) is 0 Å². The lowest BCUT2D eigenvalue weighted by Crippen LogP contribution is -1.96. The van der Waals surface area contributed by atoms with E-state index in [0.29, 0.717) is 13.4 Å². The van der Waals surface area contributed by atoms with Gasteiger partial charge in [-0.1, -0.05) is 18.2 Å². The van der Waals surface area contributed by atoms with E-state index in [2.05, 4.69) is 18.2 Å². The minimum Gasteiger partial charge on any atom is -0.497 e. The number of ether oxygens (including phenoxy) is 3. The predicted octanol–water partition coefficient (Wildman–Crippen LogP) is 2.97. The Labute approximate surface area is 101 Å². The maximum Gasteiger partial charge on any atom is 0.146 e. The average molecular weight is 232 g/mol. The lowest BCUT2D eigenvalue weighted by Gasteiger charge is -2.06. The molecule has 2 aromatic carbocycles. The smallest absolute Gasteiger partial charge is 0.146 e. The Morgan fingerprint density at radius 2 is 1.71 bits per heavy atom. The van der Waals surface area contributed by atoms with E-state index in [1.807, 2.05) is 18.2 Å². The van der Waals surface area contributed by atoms with Crippen molar-refractivity contribution in [3.63, 3.8) is 0 Å². The molecular weight excluding hydrogens is 216 g/mol. The quantitative estimate of drug-likeness (QED) is 0.586. The fraction of sp³-hybridized carbons (Fsp3) is 0.286. The van der Waals surface area contributed by atoms with Gasteiger partial charge in [-0.05, 0) is 34.5 Å². The van der Waals surface area contributed by atoms with Crippen molar-refractivity contribution in [2.45, 2.75) is 6.61 Å². The van der Waals surface area contributed by atoms with E-state index in [4.69, 9.17) is 14.2 Å². The molecule has 0 spiro atoms. The highest BCUT2D eigenvalue weighted by Crippen LogP contribution is 2.22. The zero-order valence-corrected chi connectivity index (χ0v) is 10.1. The minimum atomic E-state index is 0.320. The maximum atomic E-state index is 5.32. The lowest BCUT2D eigenvalue weighted by molar-refractivity contribution is -0.0390. The SMILES string of the molecule is COCOCc1ccc2cc(OC)ccc2c1. The highest BCUT2D eigenvalue weighted by atomic mass is 16.7. The van der Waals surface area contributed by atoms with Gasteiger partial charge in [0.15, 0.2) is 0 Å². The van der Waals surface area contributed by atoms with Crippen molar-refractivity contribution in [3.8, 4) is 5.75 Å². The van der Waals surface area contributed by atoms with Crippen LogP contribution in [0.4, 0.5) is 0 Å². The van der Waals surface area contributed by atoms with Crippen molar-refractivity contribution >= 4 is 10.8 Å². The molecule has 0 atom stereocenters. The molecule has 0 fully saturated rings. The van der Waals surface area contributed by atoms with Crippen molar-refractivity contribution in [2.24, 2.45) is 0 Å². The number of hydrogen-bond donors (Lipinski definition) is 0. The van der Waals surface area contributed by atoms with Gasteiger partial charge >= 0.3 is 0 Å². The Hall–Kier alpha value is -1.58. The summed E-state index contributed by atoms with van der Waals surface area (Å²) >= 11 is 0. The molecule has 90 valence electrons. The van der Waals surface area contributed by atoms with Gasteiger partial charge in [0.2, 0.25) is 0 Å². The first kappa shape index (κ1) is 11.9. The molecule has 0 aliphatic carbocycles. The van der Waals surface area contributed by atoms with E-state index in [0.717, 1.165) is 11.3 Å². The van der Waals surface area contributed by atoms with Crippen LogP contribution in [0.2, 0.25) is 0 Å². The number of methoxy groups -OCH3 is 2. The summed E-state index contributed by atoms with van der Waals surface area (Å²) in [5.74, 6) is 0.876. The zero-order chi connectivity index (χ0) is 12.1. The number of rotatable bonds is 5. The molecule has 17 heavy (non-hydrogen) atoms. The molecular formula is C14H16O3. The van der Waals surface area contributed by atoms with Crippen LogP contribution in [0.3, 0.4) is 0 Å². The third-order valence-electron chi connectivity index (χ3n) is 2.58. The highest BCUT2D eigenvalue weighted by molar-refractivity contribution is 5.84. The van der Waals surface area contributed by atoms with Gasteiger partial charge in [0.05, 0.1) is 13.7 Å². The molecule has 0 N–H and O–H groups in total. The molecule has 0 aliphatic heterocycles. The summed E-state index contributed by atoms with van der Waals surface area (Å²) < 4.78 is 15.3. The van der Waals surface area contributed by atoms with Crippen LogP contribution in [-0.2, 0) is 16.1 Å². The van der Waals surface area contributed by atoms with Crippen molar-refractivity contribution < 1.29 is 14.2 Å². The van der Waals surface area contributed by atoms with Crippen LogP contribution in [0.15, 0.2) is 36.4 Å². The summed E-state index contributed by atoms with van der Waals surface area (Å²) in [7, 11) is 3.29. The molecule has 0 heterocycles. The number of benzene rings is 2. The number of hydrogen-bond acceptors (Lipinski definition) is 3. The second-order valence-electron chi connectivity index (χ2n) is 3.80. The Morgan fingerprint density at radius 1 is 0.941 bits per heavy atom. The van der Waals surface area contributed by atoms with Gasteiger partial charge in [0, 0.05) is 7.11 Å². The van der Waals surface area contributed by atoms with E-state index in [1.54, 1.807) is 14.2 Å². The van der Waals surface area contributed by atoms with Gasteiger partial charge < -0.3 is 14.2 Å². The van der Waals surface area contributed by atoms with E-state index in [-0.39, 0.29) is 0 Å². The second-order valence-corrected chi connectivity index (χ2v) is 3.80. The minimum absolute atomic E-state index is 0.320. The van der Waals surface area contributed by atoms with Gasteiger partial charge in [-0.3, -0.25) is 0 Å². The molecule has 0 bridgehead atoms. The van der Waals surface area contributed by atoms with Crippen LogP contribution < -0.4 is 4.74 Å². The fourth-order valence-corrected chi connectivity index (χ4v) is 1.73. The summed E-state index contributed by atoms with van der Waals surface area (Å²) in [5.41, 5.74) is 1.14. The fourth-order valence-electron chi connectivity index (χ4n) is 1.73. The normalized spacial score (nSPS) is 10.7. The molecule has 0 aliphatic rings. The summed E-state index contributed by atoms with van der Waals surface area (Å²) in [4.78, 5) is 0. The third kappa shape index (κ3) is 2.96. The van der Waals surface area contributed by atoms with Gasteiger partial charge in [0.25, 0.3) is 0 Å². The van der Waals surface area contributed by atoms with Gasteiger partial charge in [-0.25, -0.2) is 0 Å². The van der Waals surface area contributed by atoms with Crippen molar-refractivity contribution in [1.29, 1.82) is 0 Å². The first-order chi connectivity index (χ1) is 8.33. The molecule has 0 unspecified atom stereocenters. The van der Waals surface area contributed by atoms with E-state index >= 15 is 0 Å². The molecule has 0 aromatic heterocycles. The zero-order valence-electron chi connectivity index (χ0n) is 10.1. The van der Waals surface area contributed by atoms with Crippen molar-refractivity contribution in [2.75, 3.05) is 21.0 Å². The largest absolute Gasteiger partial charge is 0.497 e. The molecule has 0 amide bonds. The monoisotopic (exact) mass is 232 g/mol. The molecule has 0 radical (unpaired) electrons. The van der Waals surface area contributed by atoms with Crippen LogP contribution in [0.25, 0.3) is 10.8 Å². The Bertz CT molecular complexity index is 494. The van der Waals surface area contributed by atoms with Gasteiger partial charge in [-0.2, -0.15) is 0 Å². The van der Waals surface area contributed by atoms with E-state index < -0.39 is 0 Å². The van der Waals surface area contributed by atoms with Crippen LogP contribution in [0, 0.1) is 0 Å². The van der Waals surface area contributed by atoms with Crippen LogP contribution >= 0.6 is 0 Å². The van der Waals surface area contributed by atoms with Crippen molar-refractivity contribution in [3.05, 3.63) is 42.0 Å². The topological polar surface area (TPSA) is 27.7 Å². The molecule has 3 heteroatoms. The summed E-state index contributed by atoms with van der Waals surface area (Å²) in [5, 5.41) is 2.35. The Morgan fingerprint density at radius 3 is 2.47 bits per heavy atom. The second kappa shape index (κ2) is 5.66. The summed E-state index contributed by atoms with van der Waals surface area (Å²) in [6.07, 6.45) is 0. The third-order valence-corrected chi connectivity index (χ3v) is 2.58. The van der Waals surface area contributed by atoms with Gasteiger partial charge in [0.1, 0.15) is 12.5 Å². The first-order valence-electron chi connectivity index (χ1n) is 5.47. The molecule has 2 aromatic rings. The Kier molecular flexibility index (Phi) is 3.96. The standard InChI is InChI=1S/C14H16O3/c1-15-10-17-9-11-3-4-13-8-14(16-2)6-5-12(13)7-11/h3-8H,9-10H2,1-2H3. The molecule has 0 saturated heterocycles. The summed E-state index contributed by atoms with van der Waals surface area (Å²) in [6, 6.07) is 12.3. The van der Waals surface area contributed by atoms with E-state index in [1.165, 1.54) is 10.8 Å². The van der Waals surface area contributed by atoms with Crippen molar-refractivity contribution in [1.82, 2.24) is 0 Å². The number of fused-ring (bicyclic) bond motifs is 1. The lowest BCUT2D eigenvalue weighted by atomic mass is 10.1. The summed E-state index contributed by atoms with van der Waals surface area (Å²) in [6.45, 7) is 0.885. The highest BCUT2D eigenvalue weighted by Gasteiger charge is 1.99. The molecule has 2 rings (SSSR count). The van der Waals surface area contributed by atoms with Crippen LogP contribution in [0.1, 0.15) is 5.56 Å². The van der Waals surface area contributed by atoms with Gasteiger partial charge in [-0.15, -0.1) is 0 Å².